The fourth-order valence-electron chi connectivity index (χ4n) is 4.20. The van der Waals surface area contributed by atoms with Crippen molar-refractivity contribution in [3.63, 3.8) is 0 Å². The highest BCUT2D eigenvalue weighted by molar-refractivity contribution is 5.66. The van der Waals surface area contributed by atoms with Gasteiger partial charge in [-0.1, -0.05) is 44.2 Å². The highest BCUT2D eigenvalue weighted by Crippen LogP contribution is 2.45. The fourth-order valence-corrected chi connectivity index (χ4v) is 4.20. The smallest absolute Gasteiger partial charge is 0.302 e. The summed E-state index contributed by atoms with van der Waals surface area (Å²) in [5, 5.41) is 2.21. The normalized spacial score (nSPS) is 23.8. The van der Waals surface area contributed by atoms with Crippen LogP contribution in [0.25, 0.3) is 0 Å². The van der Waals surface area contributed by atoms with Crippen LogP contribution in [0.4, 0.5) is 0 Å². The average Bonchev–Trinajstić information content (AvgIpc) is 2.56. The molecule has 0 spiro atoms. The van der Waals surface area contributed by atoms with Gasteiger partial charge in [0.05, 0.1) is 0 Å². The number of hydrogen-bond donors (Lipinski definition) is 0. The summed E-state index contributed by atoms with van der Waals surface area (Å²) in [4.78, 5) is 18.0. The van der Waals surface area contributed by atoms with Crippen LogP contribution in [-0.2, 0) is 14.4 Å². The van der Waals surface area contributed by atoms with E-state index in [-0.39, 0.29) is 29.3 Å². The van der Waals surface area contributed by atoms with E-state index in [0.717, 1.165) is 25.7 Å². The number of hydroxylamine groups is 2. The summed E-state index contributed by atoms with van der Waals surface area (Å²) >= 11 is 0. The van der Waals surface area contributed by atoms with Gasteiger partial charge in [0.2, 0.25) is 0 Å². The molecule has 25 heavy (non-hydrogen) atoms. The van der Waals surface area contributed by atoms with Crippen molar-refractivity contribution in [1.29, 1.82) is 0 Å². The minimum Gasteiger partial charge on any atom is -0.462 e. The van der Waals surface area contributed by atoms with Gasteiger partial charge in [-0.3, -0.25) is 9.63 Å². The second-order valence-electron chi connectivity index (χ2n) is 7.84. The molecule has 1 saturated heterocycles. The third-order valence-corrected chi connectivity index (χ3v) is 5.50. The molecule has 0 aromatic heterocycles. The Labute approximate surface area is 152 Å². The molecule has 140 valence electrons. The lowest BCUT2D eigenvalue weighted by Gasteiger charge is -2.56. The first-order valence-electron chi connectivity index (χ1n) is 9.43. The van der Waals surface area contributed by atoms with Crippen LogP contribution in [0.2, 0.25) is 0 Å². The molecule has 1 aromatic carbocycles. The Morgan fingerprint density at radius 2 is 1.80 bits per heavy atom. The molecule has 2 rings (SSSR count). The number of nitrogens with zero attached hydrogens (tertiary/aromatic N) is 1. The van der Waals surface area contributed by atoms with Crippen LogP contribution < -0.4 is 0 Å². The molecule has 0 radical (unpaired) electrons. The lowest BCUT2D eigenvalue weighted by Crippen LogP contribution is -2.64. The standard InChI is InChI=1S/C21H33NO3/c1-7-21(8-2)15-19(24-17(4)23)14-20(5,6)22(21)25-16(3)18-12-10-9-11-13-18/h9-13,16,19H,7-8,14-15H2,1-6H3. The lowest BCUT2D eigenvalue weighted by molar-refractivity contribution is -0.323. The van der Waals surface area contributed by atoms with E-state index >= 15 is 0 Å². The van der Waals surface area contributed by atoms with Crippen LogP contribution in [0.1, 0.15) is 78.9 Å². The first kappa shape index (κ1) is 19.9. The Morgan fingerprint density at radius 1 is 1.20 bits per heavy atom. The zero-order valence-corrected chi connectivity index (χ0v) is 16.5. The zero-order valence-electron chi connectivity index (χ0n) is 16.5. The second-order valence-corrected chi connectivity index (χ2v) is 7.84. The van der Waals surface area contributed by atoms with E-state index < -0.39 is 0 Å². The van der Waals surface area contributed by atoms with Gasteiger partial charge in [-0.25, -0.2) is 0 Å². The molecule has 0 amide bonds. The number of esters is 1. The third-order valence-electron chi connectivity index (χ3n) is 5.50. The van der Waals surface area contributed by atoms with E-state index in [0.29, 0.717) is 0 Å². The van der Waals surface area contributed by atoms with Crippen LogP contribution in [0, 0.1) is 0 Å². The van der Waals surface area contributed by atoms with Crippen LogP contribution in [0.15, 0.2) is 30.3 Å². The van der Waals surface area contributed by atoms with Crippen molar-refractivity contribution in [2.45, 2.75) is 90.5 Å². The first-order chi connectivity index (χ1) is 11.7. The van der Waals surface area contributed by atoms with E-state index in [1.807, 2.05) is 18.2 Å². The topological polar surface area (TPSA) is 38.8 Å². The maximum Gasteiger partial charge on any atom is 0.302 e. The van der Waals surface area contributed by atoms with E-state index in [1.165, 1.54) is 12.5 Å². The van der Waals surface area contributed by atoms with Gasteiger partial charge in [-0.2, -0.15) is 5.06 Å². The molecule has 0 N–H and O–H groups in total. The van der Waals surface area contributed by atoms with Crippen LogP contribution >= 0.6 is 0 Å². The molecule has 2 atom stereocenters. The number of piperidine rings is 1. The maximum atomic E-state index is 11.5. The fraction of sp³-hybridized carbons (Fsp3) is 0.667. The molecule has 1 heterocycles. The second kappa shape index (κ2) is 7.88. The van der Waals surface area contributed by atoms with Crippen LogP contribution in [-0.4, -0.2) is 28.2 Å². The summed E-state index contributed by atoms with van der Waals surface area (Å²) < 4.78 is 5.60. The van der Waals surface area contributed by atoms with Gasteiger partial charge in [0, 0.05) is 30.8 Å². The summed E-state index contributed by atoms with van der Waals surface area (Å²) in [6.07, 6.45) is 3.40. The molecule has 1 aliphatic heterocycles. The summed E-state index contributed by atoms with van der Waals surface area (Å²) in [5.74, 6) is -0.200. The molecule has 0 saturated carbocycles. The number of carbonyl (C=O) groups excluding carboxylic acids is 1. The highest BCUT2D eigenvalue weighted by Gasteiger charge is 2.51. The van der Waals surface area contributed by atoms with Crippen LogP contribution in [0.5, 0.6) is 0 Å². The number of ether oxygens (including phenoxy) is 1. The van der Waals surface area contributed by atoms with Gasteiger partial charge < -0.3 is 4.74 Å². The Balaban J connectivity index is 2.28. The Kier molecular flexibility index (Phi) is 6.28. The maximum absolute atomic E-state index is 11.5. The molecular formula is C21H33NO3. The van der Waals surface area contributed by atoms with E-state index in [9.17, 15) is 4.79 Å². The monoisotopic (exact) mass is 347 g/mol. The molecule has 1 aliphatic rings. The Bertz CT molecular complexity index is 566. The summed E-state index contributed by atoms with van der Waals surface area (Å²) in [6.45, 7) is 12.3. The molecule has 0 bridgehead atoms. The first-order valence-corrected chi connectivity index (χ1v) is 9.43. The highest BCUT2D eigenvalue weighted by atomic mass is 16.7. The minimum atomic E-state index is -0.215. The van der Waals surface area contributed by atoms with Crippen molar-refractivity contribution in [1.82, 2.24) is 5.06 Å². The van der Waals surface area contributed by atoms with Crippen molar-refractivity contribution in [3.05, 3.63) is 35.9 Å². The predicted molar refractivity (Wildman–Crippen MR) is 100.0 cm³/mol. The number of carbonyl (C=O) groups is 1. The number of rotatable bonds is 6. The van der Waals surface area contributed by atoms with E-state index in [1.54, 1.807) is 0 Å². The van der Waals surface area contributed by atoms with Crippen molar-refractivity contribution in [2.24, 2.45) is 0 Å². The van der Waals surface area contributed by atoms with Gasteiger partial charge in [0.25, 0.3) is 0 Å². The molecule has 0 aliphatic carbocycles. The van der Waals surface area contributed by atoms with Gasteiger partial charge in [0.1, 0.15) is 12.2 Å². The van der Waals surface area contributed by atoms with Crippen molar-refractivity contribution >= 4 is 5.97 Å². The predicted octanol–water partition coefficient (Wildman–Crippen LogP) is 5.04. The molecule has 1 fully saturated rings. The molecule has 4 heteroatoms. The van der Waals surface area contributed by atoms with Gasteiger partial charge in [0.15, 0.2) is 0 Å². The van der Waals surface area contributed by atoms with E-state index in [2.05, 4.69) is 51.8 Å². The largest absolute Gasteiger partial charge is 0.462 e. The average molecular weight is 347 g/mol. The van der Waals surface area contributed by atoms with Gasteiger partial charge in [-0.05, 0) is 39.2 Å². The minimum absolute atomic E-state index is 0.0248. The van der Waals surface area contributed by atoms with E-state index in [4.69, 9.17) is 9.57 Å². The molecule has 2 unspecified atom stereocenters. The SMILES string of the molecule is CCC1(CC)CC(OC(C)=O)CC(C)(C)N1OC(C)c1ccccc1. The summed E-state index contributed by atoms with van der Waals surface area (Å²) in [6, 6.07) is 10.3. The third kappa shape index (κ3) is 4.42. The summed E-state index contributed by atoms with van der Waals surface area (Å²) in [7, 11) is 0. The van der Waals surface area contributed by atoms with Gasteiger partial charge >= 0.3 is 5.97 Å². The van der Waals surface area contributed by atoms with Crippen molar-refractivity contribution < 1.29 is 14.4 Å². The molecule has 4 nitrogen and oxygen atoms in total. The molecule has 1 aromatic rings. The quantitative estimate of drug-likeness (QED) is 0.676. The Hall–Kier alpha value is -1.39. The lowest BCUT2D eigenvalue weighted by atomic mass is 9.75. The van der Waals surface area contributed by atoms with Gasteiger partial charge in [-0.15, -0.1) is 0 Å². The molecular weight excluding hydrogens is 314 g/mol. The Morgan fingerprint density at radius 3 is 2.32 bits per heavy atom. The van der Waals surface area contributed by atoms with Crippen LogP contribution in [0.3, 0.4) is 0 Å². The number of hydrogen-bond acceptors (Lipinski definition) is 4. The van der Waals surface area contributed by atoms with Crippen molar-refractivity contribution in [3.8, 4) is 0 Å². The zero-order chi connectivity index (χ0) is 18.7. The number of benzene rings is 1. The summed E-state index contributed by atoms with van der Waals surface area (Å²) in [5.41, 5.74) is 0.819. The van der Waals surface area contributed by atoms with Crippen molar-refractivity contribution in [2.75, 3.05) is 0 Å².